The van der Waals surface area contributed by atoms with Crippen LogP contribution in [0.1, 0.15) is 19.3 Å². The van der Waals surface area contributed by atoms with Gasteiger partial charge in [-0.25, -0.2) is 9.97 Å². The quantitative estimate of drug-likeness (QED) is 0.613. The Kier molecular flexibility index (Phi) is 5.60. The van der Waals surface area contributed by atoms with Crippen LogP contribution in [0.2, 0.25) is 10.2 Å². The highest BCUT2D eigenvalue weighted by atomic mass is 35.5. The highest BCUT2D eigenvalue weighted by Crippen LogP contribution is 2.36. The molecule has 25 heavy (non-hydrogen) atoms. The van der Waals surface area contributed by atoms with Gasteiger partial charge in [-0.3, -0.25) is 4.79 Å². The Morgan fingerprint density at radius 3 is 2.84 bits per heavy atom. The Bertz CT molecular complexity index is 765. The first-order valence-corrected chi connectivity index (χ1v) is 8.79. The fourth-order valence-corrected chi connectivity index (χ4v) is 3.27. The number of ether oxygens (including phenoxy) is 1. The lowest BCUT2D eigenvalue weighted by Crippen LogP contribution is -2.26. The molecule has 0 radical (unpaired) electrons. The molecule has 1 fully saturated rings. The van der Waals surface area contributed by atoms with Gasteiger partial charge in [0.2, 0.25) is 11.9 Å². The van der Waals surface area contributed by atoms with Crippen LogP contribution in [-0.2, 0) is 4.79 Å². The van der Waals surface area contributed by atoms with Gasteiger partial charge in [-0.1, -0.05) is 29.3 Å². The molecule has 0 atom stereocenters. The largest absolute Gasteiger partial charge is 0.493 e. The van der Waals surface area contributed by atoms with Crippen molar-refractivity contribution < 1.29 is 9.53 Å². The average Bonchev–Trinajstić information content (AvgIpc) is 2.96. The van der Waals surface area contributed by atoms with Crippen LogP contribution < -0.4 is 10.5 Å². The van der Waals surface area contributed by atoms with Crippen LogP contribution in [-0.4, -0.2) is 40.5 Å². The van der Waals surface area contributed by atoms with Gasteiger partial charge in [0, 0.05) is 25.6 Å². The zero-order chi connectivity index (χ0) is 17.8. The summed E-state index contributed by atoms with van der Waals surface area (Å²) in [5.74, 6) is 0.880. The number of halogens is 2. The molecule has 1 aromatic carbocycles. The van der Waals surface area contributed by atoms with Crippen molar-refractivity contribution in [2.75, 3.05) is 25.4 Å². The van der Waals surface area contributed by atoms with E-state index in [9.17, 15) is 4.79 Å². The molecule has 0 unspecified atom stereocenters. The van der Waals surface area contributed by atoms with Crippen molar-refractivity contribution >= 4 is 35.1 Å². The number of hydrogen-bond donors (Lipinski definition) is 1. The molecule has 2 heterocycles. The summed E-state index contributed by atoms with van der Waals surface area (Å²) >= 11 is 12.3. The van der Waals surface area contributed by atoms with E-state index in [1.54, 1.807) is 18.2 Å². The number of nitrogens with zero attached hydrogens (tertiary/aromatic N) is 3. The minimum absolute atomic E-state index is 0.0703. The molecule has 1 saturated heterocycles. The summed E-state index contributed by atoms with van der Waals surface area (Å²) < 4.78 is 5.88. The van der Waals surface area contributed by atoms with Crippen LogP contribution in [0, 0.1) is 0 Å². The Morgan fingerprint density at radius 1 is 1.28 bits per heavy atom. The van der Waals surface area contributed by atoms with E-state index in [1.807, 2.05) is 11.0 Å². The van der Waals surface area contributed by atoms with Gasteiger partial charge in [-0.15, -0.1) is 0 Å². The second-order valence-electron chi connectivity index (χ2n) is 5.73. The molecule has 8 heteroatoms. The van der Waals surface area contributed by atoms with Crippen LogP contribution in [0.4, 0.5) is 5.95 Å². The second kappa shape index (κ2) is 7.89. The first kappa shape index (κ1) is 17.8. The van der Waals surface area contributed by atoms with E-state index in [2.05, 4.69) is 9.97 Å². The van der Waals surface area contributed by atoms with Gasteiger partial charge in [-0.2, -0.15) is 0 Å². The minimum Gasteiger partial charge on any atom is -0.493 e. The molecule has 1 amide bonds. The number of carbonyl (C=O) groups is 1. The molecule has 6 nitrogen and oxygen atoms in total. The molecule has 0 bridgehead atoms. The number of amides is 1. The van der Waals surface area contributed by atoms with E-state index in [0.717, 1.165) is 19.4 Å². The Morgan fingerprint density at radius 2 is 2.12 bits per heavy atom. The molecule has 2 N–H and O–H groups in total. The fourth-order valence-electron chi connectivity index (χ4n) is 2.81. The minimum atomic E-state index is 0.0703. The third-order valence-corrected chi connectivity index (χ3v) is 4.45. The van der Waals surface area contributed by atoms with Crippen LogP contribution >= 0.6 is 23.2 Å². The Balaban J connectivity index is 1.71. The Hall–Kier alpha value is -2.05. The van der Waals surface area contributed by atoms with Crippen molar-refractivity contribution in [1.29, 1.82) is 0 Å². The number of rotatable bonds is 6. The molecule has 132 valence electrons. The van der Waals surface area contributed by atoms with E-state index in [-0.39, 0.29) is 17.0 Å². The molecule has 0 spiro atoms. The molecular weight excluding hydrogens is 363 g/mol. The van der Waals surface area contributed by atoms with Gasteiger partial charge in [0.05, 0.1) is 22.9 Å². The Labute approximate surface area is 155 Å². The van der Waals surface area contributed by atoms with Gasteiger partial charge >= 0.3 is 0 Å². The number of nitrogen functional groups attached to an aromatic ring is 1. The molecular formula is C17H18Cl2N4O2. The van der Waals surface area contributed by atoms with Crippen molar-refractivity contribution in [2.45, 2.75) is 19.3 Å². The lowest BCUT2D eigenvalue weighted by Gasteiger charge is -2.16. The van der Waals surface area contributed by atoms with Gasteiger partial charge in [0.15, 0.2) is 0 Å². The summed E-state index contributed by atoms with van der Waals surface area (Å²) in [6.45, 7) is 1.99. The molecule has 0 aliphatic carbocycles. The maximum absolute atomic E-state index is 11.6. The van der Waals surface area contributed by atoms with Gasteiger partial charge < -0.3 is 15.4 Å². The van der Waals surface area contributed by atoms with E-state index < -0.39 is 0 Å². The first-order valence-electron chi connectivity index (χ1n) is 8.04. The van der Waals surface area contributed by atoms with Crippen molar-refractivity contribution in [2.24, 2.45) is 0 Å². The normalized spacial score (nSPS) is 14.2. The zero-order valence-electron chi connectivity index (χ0n) is 13.5. The molecule has 1 aliphatic rings. The molecule has 1 aromatic heterocycles. The van der Waals surface area contributed by atoms with Gasteiger partial charge in [0.25, 0.3) is 0 Å². The number of benzene rings is 1. The lowest BCUT2D eigenvalue weighted by atomic mass is 10.1. The van der Waals surface area contributed by atoms with Crippen molar-refractivity contribution in [3.63, 3.8) is 0 Å². The van der Waals surface area contributed by atoms with Gasteiger partial charge in [-0.05, 0) is 25.0 Å². The van der Waals surface area contributed by atoms with Crippen molar-refractivity contribution in [3.8, 4) is 17.0 Å². The summed E-state index contributed by atoms with van der Waals surface area (Å²) in [5.41, 5.74) is 6.80. The zero-order valence-corrected chi connectivity index (χ0v) is 15.1. The monoisotopic (exact) mass is 380 g/mol. The van der Waals surface area contributed by atoms with Crippen LogP contribution in [0.15, 0.2) is 24.3 Å². The van der Waals surface area contributed by atoms with E-state index in [1.165, 1.54) is 0 Å². The number of anilines is 1. The number of hydrogen-bond acceptors (Lipinski definition) is 5. The summed E-state index contributed by atoms with van der Waals surface area (Å²) in [7, 11) is 0. The molecule has 2 aromatic rings. The topological polar surface area (TPSA) is 81.3 Å². The predicted octanol–water partition coefficient (Wildman–Crippen LogP) is 3.42. The van der Waals surface area contributed by atoms with E-state index in [0.29, 0.717) is 41.6 Å². The highest BCUT2D eigenvalue weighted by Gasteiger charge is 2.19. The van der Waals surface area contributed by atoms with E-state index in [4.69, 9.17) is 33.7 Å². The number of likely N-dealkylation sites (tertiary alicyclic amines) is 1. The summed E-state index contributed by atoms with van der Waals surface area (Å²) in [5, 5.41) is 0.724. The summed E-state index contributed by atoms with van der Waals surface area (Å²) in [6, 6.07) is 6.96. The second-order valence-corrected chi connectivity index (χ2v) is 6.53. The van der Waals surface area contributed by atoms with E-state index >= 15 is 0 Å². The predicted molar refractivity (Wildman–Crippen MR) is 97.8 cm³/mol. The third kappa shape index (κ3) is 4.32. The maximum Gasteiger partial charge on any atom is 0.222 e. The van der Waals surface area contributed by atoms with Gasteiger partial charge in [0.1, 0.15) is 10.9 Å². The highest BCUT2D eigenvalue weighted by molar-refractivity contribution is 6.34. The SMILES string of the molecule is Nc1nc(Cl)cc(-c2c(Cl)cccc2OCCCN2CCCC2=O)n1. The number of carbonyl (C=O) groups excluding carboxylic acids is 1. The average molecular weight is 381 g/mol. The first-order chi connectivity index (χ1) is 12.0. The number of aromatic nitrogens is 2. The maximum atomic E-state index is 11.6. The van der Waals surface area contributed by atoms with Crippen LogP contribution in [0.3, 0.4) is 0 Å². The lowest BCUT2D eigenvalue weighted by molar-refractivity contribution is -0.127. The van der Waals surface area contributed by atoms with Crippen LogP contribution in [0.5, 0.6) is 5.75 Å². The molecule has 3 rings (SSSR count). The third-order valence-electron chi connectivity index (χ3n) is 3.95. The van der Waals surface area contributed by atoms with Crippen LogP contribution in [0.25, 0.3) is 11.3 Å². The fraction of sp³-hybridized carbons (Fsp3) is 0.353. The smallest absolute Gasteiger partial charge is 0.222 e. The van der Waals surface area contributed by atoms with Crippen molar-refractivity contribution in [3.05, 3.63) is 34.4 Å². The number of nitrogens with two attached hydrogens (primary N) is 1. The summed E-state index contributed by atoms with van der Waals surface area (Å²) in [4.78, 5) is 21.5. The summed E-state index contributed by atoms with van der Waals surface area (Å²) in [6.07, 6.45) is 2.33. The molecule has 1 aliphatic heterocycles. The molecule has 0 saturated carbocycles. The standard InChI is InChI=1S/C17H18Cl2N4O2/c18-11-4-1-5-13(16(11)12-10-14(19)22-17(20)21-12)25-9-3-8-23-7-2-6-15(23)24/h1,4-5,10H,2-3,6-9H2,(H2,20,21,22). The van der Waals surface area contributed by atoms with Crippen molar-refractivity contribution in [1.82, 2.24) is 14.9 Å².